The molecule has 3 aliphatic heterocycles. The van der Waals surface area contributed by atoms with Gasteiger partial charge in [0.1, 0.15) is 17.6 Å². The summed E-state index contributed by atoms with van der Waals surface area (Å²) in [4.78, 5) is 20.0. The van der Waals surface area contributed by atoms with Crippen molar-refractivity contribution in [1.29, 1.82) is 0 Å². The molecule has 5 atom stereocenters. The van der Waals surface area contributed by atoms with Crippen LogP contribution in [0.3, 0.4) is 0 Å². The van der Waals surface area contributed by atoms with E-state index in [4.69, 9.17) is 50.0 Å². The van der Waals surface area contributed by atoms with Crippen LogP contribution in [0.1, 0.15) is 55.4 Å². The summed E-state index contributed by atoms with van der Waals surface area (Å²) in [6, 6.07) is 17.3. The zero-order chi connectivity index (χ0) is 38.6. The van der Waals surface area contributed by atoms with Gasteiger partial charge in [0.05, 0.1) is 40.6 Å². The molecule has 0 bridgehead atoms. The van der Waals surface area contributed by atoms with Crippen molar-refractivity contribution in [1.82, 2.24) is 15.1 Å². The van der Waals surface area contributed by atoms with Crippen LogP contribution in [0.5, 0.6) is 11.5 Å². The maximum atomic E-state index is 13.3. The maximum Gasteiger partial charge on any atom is 0.225 e. The van der Waals surface area contributed by atoms with Crippen LogP contribution in [-0.2, 0) is 4.79 Å². The number of carbonyl (C=O) groups is 1. The highest BCUT2D eigenvalue weighted by Gasteiger charge is 2.33. The minimum Gasteiger partial charge on any atom is -0.464 e. The maximum absolute atomic E-state index is 13.3. The highest BCUT2D eigenvalue weighted by Crippen LogP contribution is 2.32. The lowest BCUT2D eigenvalue weighted by Crippen LogP contribution is -2.48. The van der Waals surface area contributed by atoms with Crippen LogP contribution in [0, 0.1) is 5.92 Å². The number of rotatable bonds is 15. The molecule has 3 aliphatic rings. The van der Waals surface area contributed by atoms with E-state index in [0.717, 1.165) is 57.7 Å². The molecule has 10 nitrogen and oxygen atoms in total. The minimum absolute atomic E-state index is 0.0302. The second-order valence-corrected chi connectivity index (χ2v) is 15.3. The number of ether oxygens (including phenoxy) is 2. The van der Waals surface area contributed by atoms with Gasteiger partial charge in [-0.3, -0.25) is 4.79 Å². The number of amides is 1. The molecule has 0 radical (unpaired) electrons. The van der Waals surface area contributed by atoms with Crippen molar-refractivity contribution >= 4 is 46.4 Å². The molecule has 3 heterocycles. The molecule has 0 aliphatic carbocycles. The molecule has 3 fully saturated rings. The van der Waals surface area contributed by atoms with Gasteiger partial charge >= 0.3 is 0 Å². The Kier molecular flexibility index (Phi) is 15.9. The van der Waals surface area contributed by atoms with Crippen LogP contribution < -0.4 is 25.4 Å². The predicted molar refractivity (Wildman–Crippen MR) is 217 cm³/mol. The lowest BCUT2D eigenvalue weighted by Gasteiger charge is -2.30. The summed E-state index contributed by atoms with van der Waals surface area (Å²) < 4.78 is 10.4. The van der Waals surface area contributed by atoms with Crippen molar-refractivity contribution in [3.63, 3.8) is 0 Å². The SMILES string of the molecule is C=COc1ccc([C@@H](O)[C@@H](CN2CCCC2)NC(=O)[C@@H]2CCN(c3ccc(Cl)cc3)C2)cc1Cl.C=COc1ccc([C@@H](O)[C@H](N)CN2CCCC2)cc1Cl. The normalized spacial score (nSPS) is 19.7. The lowest BCUT2D eigenvalue weighted by molar-refractivity contribution is -0.126. The van der Waals surface area contributed by atoms with Gasteiger partial charge in [0.2, 0.25) is 5.91 Å². The van der Waals surface area contributed by atoms with Crippen molar-refractivity contribution in [2.24, 2.45) is 11.7 Å². The summed E-state index contributed by atoms with van der Waals surface area (Å²) >= 11 is 18.4. The summed E-state index contributed by atoms with van der Waals surface area (Å²) in [5.41, 5.74) is 8.50. The number of hydrogen-bond acceptors (Lipinski definition) is 9. The highest BCUT2D eigenvalue weighted by atomic mass is 35.5. The topological polar surface area (TPSA) is 124 Å². The van der Waals surface area contributed by atoms with Gasteiger partial charge in [-0.15, -0.1) is 0 Å². The van der Waals surface area contributed by atoms with Gasteiger partial charge in [-0.05, 0) is 118 Å². The van der Waals surface area contributed by atoms with Crippen LogP contribution >= 0.6 is 34.8 Å². The van der Waals surface area contributed by atoms with E-state index in [9.17, 15) is 15.0 Å². The molecule has 0 unspecified atom stereocenters. The van der Waals surface area contributed by atoms with E-state index in [1.54, 1.807) is 36.4 Å². The molecule has 292 valence electrons. The Morgan fingerprint density at radius 1 is 0.796 bits per heavy atom. The van der Waals surface area contributed by atoms with E-state index in [0.29, 0.717) is 57.3 Å². The Labute approximate surface area is 334 Å². The minimum atomic E-state index is -0.895. The number of carbonyl (C=O) groups excluding carboxylic acids is 1. The number of nitrogens with two attached hydrogens (primary N) is 1. The zero-order valence-electron chi connectivity index (χ0n) is 30.6. The highest BCUT2D eigenvalue weighted by molar-refractivity contribution is 6.32. The van der Waals surface area contributed by atoms with Gasteiger partial charge in [0.25, 0.3) is 0 Å². The molecule has 1 amide bonds. The van der Waals surface area contributed by atoms with Gasteiger partial charge in [-0.1, -0.05) is 60.1 Å². The van der Waals surface area contributed by atoms with Gasteiger partial charge in [-0.25, -0.2) is 0 Å². The first-order valence-corrected chi connectivity index (χ1v) is 19.7. The van der Waals surface area contributed by atoms with Crippen LogP contribution in [0.25, 0.3) is 0 Å². The van der Waals surface area contributed by atoms with Crippen LogP contribution in [0.4, 0.5) is 5.69 Å². The first kappa shape index (κ1) is 41.8. The fraction of sp³-hybridized carbons (Fsp3) is 0.439. The average molecular weight is 801 g/mol. The molecule has 0 aromatic heterocycles. The summed E-state index contributed by atoms with van der Waals surface area (Å²) in [6.07, 6.45) is 6.45. The third-order valence-electron chi connectivity index (χ3n) is 10.2. The van der Waals surface area contributed by atoms with E-state index < -0.39 is 18.2 Å². The Morgan fingerprint density at radius 3 is 1.83 bits per heavy atom. The molecule has 5 N–H and O–H groups in total. The van der Waals surface area contributed by atoms with E-state index in [1.807, 2.05) is 24.3 Å². The number of benzene rings is 3. The fourth-order valence-corrected chi connectivity index (χ4v) is 7.84. The Balaban J connectivity index is 0.000000239. The Hall–Kier alpha value is -3.32. The van der Waals surface area contributed by atoms with E-state index >= 15 is 0 Å². The molecule has 3 aromatic carbocycles. The number of anilines is 1. The van der Waals surface area contributed by atoms with Gasteiger partial charge in [0, 0.05) is 42.9 Å². The zero-order valence-corrected chi connectivity index (χ0v) is 32.9. The second-order valence-electron chi connectivity index (χ2n) is 14.0. The van der Waals surface area contributed by atoms with Crippen LogP contribution in [0.15, 0.2) is 86.3 Å². The number of aliphatic hydroxyl groups is 2. The third-order valence-corrected chi connectivity index (χ3v) is 11.0. The largest absolute Gasteiger partial charge is 0.464 e. The monoisotopic (exact) mass is 799 g/mol. The third kappa shape index (κ3) is 11.6. The molecule has 0 saturated carbocycles. The first-order chi connectivity index (χ1) is 26.1. The molecular formula is C41H52Cl3N5O5. The number of nitrogens with zero attached hydrogens (tertiary/aromatic N) is 3. The average Bonchev–Trinajstić information content (AvgIpc) is 3.98. The number of aliphatic hydroxyl groups excluding tert-OH is 2. The predicted octanol–water partition coefficient (Wildman–Crippen LogP) is 6.98. The quantitative estimate of drug-likeness (QED) is 0.121. The number of likely N-dealkylation sites (tertiary alicyclic amines) is 2. The standard InChI is InChI=1S/C26H31Cl2N3O3.C15H21ClN2O2/c1-2-34-24-10-5-18(15-22(24)28)25(32)23(17-30-12-3-4-13-30)29-26(33)19-11-14-31(16-19)21-8-6-20(27)7-9-21;1-2-20-14-6-5-11(9-12(14)16)15(19)13(17)10-18-7-3-4-8-18/h2,5-10,15,19,23,25,32H,1,3-4,11-14,16-17H2,(H,29,33);2,5-6,9,13,15,19H,1,3-4,7-8,10,17H2/t19-,23-,25-;13-,15-/m11/s1. The summed E-state index contributed by atoms with van der Waals surface area (Å²) in [6.45, 7) is 13.8. The van der Waals surface area contributed by atoms with Crippen molar-refractivity contribution in [3.8, 4) is 11.5 Å². The number of nitrogens with one attached hydrogen (secondary N) is 1. The van der Waals surface area contributed by atoms with Crippen molar-refractivity contribution < 1.29 is 24.5 Å². The molecule has 54 heavy (non-hydrogen) atoms. The first-order valence-electron chi connectivity index (χ1n) is 18.6. The van der Waals surface area contributed by atoms with Crippen LogP contribution in [0.2, 0.25) is 15.1 Å². The molecular weight excluding hydrogens is 749 g/mol. The van der Waals surface area contributed by atoms with Gasteiger partial charge < -0.3 is 45.4 Å². The lowest BCUT2D eigenvalue weighted by atomic mass is 10.00. The Bertz CT molecular complexity index is 1690. The summed E-state index contributed by atoms with van der Waals surface area (Å²) in [5.74, 6) is 0.819. The van der Waals surface area contributed by atoms with E-state index in [1.165, 1.54) is 25.4 Å². The van der Waals surface area contributed by atoms with E-state index in [2.05, 4.69) is 33.2 Å². The molecule has 6 rings (SSSR count). The molecule has 0 spiro atoms. The van der Waals surface area contributed by atoms with Crippen LogP contribution in [-0.4, -0.2) is 90.4 Å². The Morgan fingerprint density at radius 2 is 1.31 bits per heavy atom. The van der Waals surface area contributed by atoms with Gasteiger partial charge in [-0.2, -0.15) is 0 Å². The number of halogens is 3. The molecule has 3 aromatic rings. The van der Waals surface area contributed by atoms with Crippen molar-refractivity contribution in [2.75, 3.05) is 57.3 Å². The molecule has 3 saturated heterocycles. The summed E-state index contributed by atoms with van der Waals surface area (Å²) in [7, 11) is 0. The second kappa shape index (κ2) is 20.6. The van der Waals surface area contributed by atoms with Crippen molar-refractivity contribution in [2.45, 2.75) is 56.4 Å². The van der Waals surface area contributed by atoms with Crippen molar-refractivity contribution in [3.05, 3.63) is 113 Å². The molecule has 13 heteroatoms. The van der Waals surface area contributed by atoms with E-state index in [-0.39, 0.29) is 17.9 Å². The summed E-state index contributed by atoms with van der Waals surface area (Å²) in [5, 5.41) is 26.2. The van der Waals surface area contributed by atoms with Gasteiger partial charge in [0.15, 0.2) is 0 Å². The fourth-order valence-electron chi connectivity index (χ4n) is 7.24. The smallest absolute Gasteiger partial charge is 0.225 e. The number of hydrogen-bond donors (Lipinski definition) is 4.